The number of nitrogens with zero attached hydrogens (tertiary/aromatic N) is 1. The minimum atomic E-state index is -0.697. The van der Waals surface area contributed by atoms with Gasteiger partial charge in [0.15, 0.2) is 0 Å². The minimum absolute atomic E-state index is 0.0614. The fourth-order valence-electron chi connectivity index (χ4n) is 6.47. The molecule has 288 valence electrons. The number of hydrogen-bond donors (Lipinski definition) is 2. The summed E-state index contributed by atoms with van der Waals surface area (Å²) in [5.74, 6) is -0.247. The average Bonchev–Trinajstić information content (AvgIpc) is 3.49. The maximum atomic E-state index is 13.7. The monoisotopic (exact) mass is 729 g/mol. The van der Waals surface area contributed by atoms with Gasteiger partial charge >= 0.3 is 18.2 Å². The maximum Gasteiger partial charge on any atom is 0.408 e. The van der Waals surface area contributed by atoms with Crippen molar-refractivity contribution >= 4 is 51.7 Å². The first-order valence-electron chi connectivity index (χ1n) is 18.6. The van der Waals surface area contributed by atoms with Crippen molar-refractivity contribution in [2.45, 2.75) is 137 Å². The van der Waals surface area contributed by atoms with Gasteiger partial charge in [-0.1, -0.05) is 36.4 Å². The van der Waals surface area contributed by atoms with Gasteiger partial charge in [0, 0.05) is 30.6 Å². The molecule has 2 N–H and O–H groups in total. The van der Waals surface area contributed by atoms with Crippen molar-refractivity contribution in [1.29, 1.82) is 0 Å². The molecule has 0 atom stereocenters. The zero-order valence-corrected chi connectivity index (χ0v) is 33.8. The molecule has 3 amide bonds. The first-order valence-corrected chi connectivity index (χ1v) is 18.6. The van der Waals surface area contributed by atoms with Gasteiger partial charge in [0.2, 0.25) is 5.91 Å². The molecular weight excluding hydrogens is 670 g/mol. The van der Waals surface area contributed by atoms with Gasteiger partial charge in [-0.25, -0.2) is 9.59 Å². The Morgan fingerprint density at radius 1 is 0.717 bits per heavy atom. The summed E-state index contributed by atoms with van der Waals surface area (Å²) in [7, 11) is 0. The molecule has 0 heterocycles. The second-order valence-electron chi connectivity index (χ2n) is 17.5. The van der Waals surface area contributed by atoms with Crippen LogP contribution in [-0.2, 0) is 25.5 Å². The highest BCUT2D eigenvalue weighted by atomic mass is 16.6. The molecule has 0 bridgehead atoms. The molecule has 4 rings (SSSR count). The highest BCUT2D eigenvalue weighted by Crippen LogP contribution is 2.38. The van der Waals surface area contributed by atoms with Crippen LogP contribution < -0.4 is 15.4 Å². The summed E-state index contributed by atoms with van der Waals surface area (Å²) in [6.45, 7) is 22.9. The summed E-state index contributed by atoms with van der Waals surface area (Å²) in [5.41, 5.74) is 1.82. The molecule has 10 heteroatoms. The molecule has 0 fully saturated rings. The van der Waals surface area contributed by atoms with E-state index < -0.39 is 40.4 Å². The number of alkyl carbamates (subject to hydrolysis) is 2. The molecule has 0 unspecified atom stereocenters. The Kier molecular flexibility index (Phi) is 12.3. The Balaban J connectivity index is 1.45. The fraction of sp³-hybridized carbons (Fsp3) is 0.535. The van der Waals surface area contributed by atoms with Gasteiger partial charge in [-0.3, -0.25) is 9.59 Å². The van der Waals surface area contributed by atoms with Crippen molar-refractivity contribution in [3.63, 3.8) is 0 Å². The third-order valence-electron chi connectivity index (χ3n) is 9.41. The number of esters is 1. The Hall–Kier alpha value is -4.60. The topological polar surface area (TPSA) is 123 Å². The van der Waals surface area contributed by atoms with Gasteiger partial charge in [0.25, 0.3) is 0 Å². The summed E-state index contributed by atoms with van der Waals surface area (Å²) >= 11 is 0. The molecule has 0 saturated heterocycles. The average molecular weight is 730 g/mol. The first-order chi connectivity index (χ1) is 24.4. The van der Waals surface area contributed by atoms with E-state index in [2.05, 4.69) is 54.0 Å². The van der Waals surface area contributed by atoms with E-state index in [0.717, 1.165) is 28.3 Å². The zero-order chi connectivity index (χ0) is 39.5. The van der Waals surface area contributed by atoms with Crippen LogP contribution >= 0.6 is 0 Å². The lowest BCUT2D eigenvalue weighted by atomic mass is 9.91. The Morgan fingerprint density at radius 3 is 1.81 bits per heavy atom. The molecule has 3 aromatic rings. The van der Waals surface area contributed by atoms with E-state index in [9.17, 15) is 19.2 Å². The van der Waals surface area contributed by atoms with Crippen molar-refractivity contribution in [3.8, 4) is 5.75 Å². The van der Waals surface area contributed by atoms with E-state index >= 15 is 0 Å². The Labute approximate surface area is 315 Å². The minimum Gasteiger partial charge on any atom is -0.444 e. The van der Waals surface area contributed by atoms with Crippen molar-refractivity contribution in [3.05, 3.63) is 58.7 Å². The standard InChI is InChI=1S/C43H59N3O7/c1-27-28(2)37-30(17-18-32-31-15-13-14-29(31)16-19-33(32)37)26-34(27)51-36(48)21-20-35(47)46(24-22-42(9,10)44-38(49)52-40(3,4)5)25-23-43(11,12)45-39(50)53-41(6,7)8/h13-14,16-19,26H,15,20-25H2,1-12H3,(H,44,49)(H,45,50). The third-order valence-corrected chi connectivity index (χ3v) is 9.41. The SMILES string of the molecule is Cc1c(OC(=O)CCC(=O)N(CCC(C)(C)NC(=O)OC(C)(C)C)CCC(C)(C)NC(=O)OC(C)(C)C)cc2ccc3c4c(ccc3c2c1C)C=CC4. The number of ether oxygens (including phenoxy) is 3. The molecular formula is C43H59N3O7. The molecule has 1 aliphatic rings. The molecule has 53 heavy (non-hydrogen) atoms. The number of benzene rings is 3. The summed E-state index contributed by atoms with van der Waals surface area (Å²) in [5, 5.41) is 10.4. The van der Waals surface area contributed by atoms with Crippen molar-refractivity contribution in [1.82, 2.24) is 15.5 Å². The van der Waals surface area contributed by atoms with Crippen molar-refractivity contribution < 1.29 is 33.4 Å². The van der Waals surface area contributed by atoms with Crippen molar-refractivity contribution in [2.75, 3.05) is 13.1 Å². The molecule has 0 radical (unpaired) electrons. The third kappa shape index (κ3) is 11.4. The van der Waals surface area contributed by atoms with Crippen LogP contribution in [0.15, 0.2) is 36.4 Å². The number of amides is 3. The van der Waals surface area contributed by atoms with Crippen LogP contribution in [0.3, 0.4) is 0 Å². The van der Waals surface area contributed by atoms with E-state index in [0.29, 0.717) is 31.7 Å². The number of carbonyl (C=O) groups is 4. The highest BCUT2D eigenvalue weighted by Gasteiger charge is 2.29. The van der Waals surface area contributed by atoms with E-state index in [1.807, 2.05) is 40.7 Å². The second-order valence-corrected chi connectivity index (χ2v) is 17.5. The molecule has 0 spiro atoms. The van der Waals surface area contributed by atoms with Gasteiger partial charge in [0.1, 0.15) is 17.0 Å². The molecule has 0 aromatic heterocycles. The quantitative estimate of drug-likeness (QED) is 0.108. The Morgan fingerprint density at radius 2 is 1.26 bits per heavy atom. The van der Waals surface area contributed by atoms with Gasteiger partial charge in [-0.05, 0) is 152 Å². The van der Waals surface area contributed by atoms with E-state index in [1.165, 1.54) is 21.9 Å². The van der Waals surface area contributed by atoms with Gasteiger partial charge < -0.3 is 29.7 Å². The van der Waals surface area contributed by atoms with Crippen LogP contribution in [0.25, 0.3) is 27.6 Å². The van der Waals surface area contributed by atoms with Crippen LogP contribution in [0.1, 0.15) is 117 Å². The maximum absolute atomic E-state index is 13.7. The number of rotatable bonds is 12. The number of fused-ring (bicyclic) bond motifs is 5. The smallest absolute Gasteiger partial charge is 0.408 e. The van der Waals surface area contributed by atoms with Gasteiger partial charge in [-0.2, -0.15) is 0 Å². The van der Waals surface area contributed by atoms with Gasteiger partial charge in [-0.15, -0.1) is 0 Å². The van der Waals surface area contributed by atoms with Gasteiger partial charge in [0.05, 0.1) is 6.42 Å². The normalized spacial score (nSPS) is 13.1. The van der Waals surface area contributed by atoms with E-state index in [4.69, 9.17) is 14.2 Å². The van der Waals surface area contributed by atoms with Crippen LogP contribution in [-0.4, -0.2) is 64.3 Å². The lowest BCUT2D eigenvalue weighted by Crippen LogP contribution is -2.50. The summed E-state index contributed by atoms with van der Waals surface area (Å²) < 4.78 is 16.8. The predicted molar refractivity (Wildman–Crippen MR) is 211 cm³/mol. The highest BCUT2D eigenvalue weighted by molar-refractivity contribution is 6.12. The van der Waals surface area contributed by atoms with Crippen LogP contribution in [0.2, 0.25) is 0 Å². The molecule has 1 aliphatic carbocycles. The summed E-state index contributed by atoms with van der Waals surface area (Å²) in [6.07, 6.45) is 4.86. The van der Waals surface area contributed by atoms with Crippen LogP contribution in [0, 0.1) is 13.8 Å². The van der Waals surface area contributed by atoms with E-state index in [1.54, 1.807) is 46.4 Å². The lowest BCUT2D eigenvalue weighted by molar-refractivity contribution is -0.139. The predicted octanol–water partition coefficient (Wildman–Crippen LogP) is 9.08. The van der Waals surface area contributed by atoms with Crippen molar-refractivity contribution in [2.24, 2.45) is 0 Å². The van der Waals surface area contributed by atoms with Crippen LogP contribution in [0.4, 0.5) is 9.59 Å². The lowest BCUT2D eigenvalue weighted by Gasteiger charge is -2.34. The number of hydrogen-bond acceptors (Lipinski definition) is 7. The van der Waals surface area contributed by atoms with Crippen LogP contribution in [0.5, 0.6) is 5.75 Å². The number of nitrogens with one attached hydrogen (secondary N) is 2. The summed E-state index contributed by atoms with van der Waals surface area (Å²) in [4.78, 5) is 53.7. The number of carbonyl (C=O) groups excluding carboxylic acids is 4. The first kappa shape index (κ1) is 41.2. The molecule has 10 nitrogen and oxygen atoms in total. The number of allylic oxidation sites excluding steroid dienone is 1. The second kappa shape index (κ2) is 15.8. The van der Waals surface area contributed by atoms with E-state index in [-0.39, 0.29) is 18.7 Å². The molecule has 0 saturated carbocycles. The fourth-order valence-corrected chi connectivity index (χ4v) is 6.47. The zero-order valence-electron chi connectivity index (χ0n) is 33.8. The molecule has 3 aromatic carbocycles. The Bertz CT molecular complexity index is 1870. The summed E-state index contributed by atoms with van der Waals surface area (Å²) in [6, 6.07) is 10.5. The largest absolute Gasteiger partial charge is 0.444 e. The number of aryl methyl sites for hydroxylation is 1. The molecule has 0 aliphatic heterocycles.